The highest BCUT2D eigenvalue weighted by Gasteiger charge is 2.41. The molecule has 2 aromatic carbocycles. The zero-order valence-electron chi connectivity index (χ0n) is 16.5. The first-order valence-corrected chi connectivity index (χ1v) is 9.34. The molecule has 29 heavy (non-hydrogen) atoms. The predicted octanol–water partition coefficient (Wildman–Crippen LogP) is 2.62. The van der Waals surface area contributed by atoms with Crippen molar-refractivity contribution in [3.05, 3.63) is 77.0 Å². The molecule has 2 heterocycles. The van der Waals surface area contributed by atoms with Crippen LogP contribution >= 0.6 is 0 Å². The molecule has 1 aliphatic rings. The van der Waals surface area contributed by atoms with Gasteiger partial charge in [0, 0.05) is 24.1 Å². The molecule has 1 aliphatic heterocycles. The van der Waals surface area contributed by atoms with Crippen LogP contribution in [0, 0.1) is 6.92 Å². The first-order chi connectivity index (χ1) is 14.0. The summed E-state index contributed by atoms with van der Waals surface area (Å²) in [6.07, 6.45) is 0. The summed E-state index contributed by atoms with van der Waals surface area (Å²) in [5, 5.41) is 10.3. The van der Waals surface area contributed by atoms with E-state index >= 15 is 0 Å². The molecule has 0 saturated carbocycles. The Hall–Kier alpha value is -3.61. The molecule has 148 valence electrons. The standard InChI is InChI=1S/C22H22N4O3/c1-13-17-18(14-9-11-16(29-3)12-10-14)19(22(28)24-20(17)26(2)25-13)23-21(27)15-7-5-4-6-8-15/h4-12,18-19H,1-3H3,(H,23,27)(H,24,28). The van der Waals surface area contributed by atoms with Gasteiger partial charge in [-0.2, -0.15) is 5.10 Å². The molecule has 2 amide bonds. The van der Waals surface area contributed by atoms with Gasteiger partial charge in [-0.05, 0) is 36.8 Å². The van der Waals surface area contributed by atoms with Crippen LogP contribution in [-0.2, 0) is 11.8 Å². The molecule has 0 radical (unpaired) electrons. The van der Waals surface area contributed by atoms with E-state index < -0.39 is 6.04 Å². The summed E-state index contributed by atoms with van der Waals surface area (Å²) in [4.78, 5) is 25.8. The van der Waals surface area contributed by atoms with Gasteiger partial charge in [0.15, 0.2) is 0 Å². The average Bonchev–Trinajstić information content (AvgIpc) is 3.02. The Morgan fingerprint density at radius 2 is 1.83 bits per heavy atom. The lowest BCUT2D eigenvalue weighted by atomic mass is 9.82. The number of rotatable bonds is 4. The number of nitrogens with one attached hydrogen (secondary N) is 2. The number of nitrogens with zero attached hydrogens (tertiary/aromatic N) is 2. The van der Waals surface area contributed by atoms with E-state index in [0.29, 0.717) is 11.4 Å². The summed E-state index contributed by atoms with van der Waals surface area (Å²) in [5.74, 6) is 0.436. The quantitative estimate of drug-likeness (QED) is 0.717. The van der Waals surface area contributed by atoms with Crippen molar-refractivity contribution < 1.29 is 14.3 Å². The van der Waals surface area contributed by atoms with Crippen molar-refractivity contribution in [1.29, 1.82) is 0 Å². The topological polar surface area (TPSA) is 85.2 Å². The number of ether oxygens (including phenoxy) is 1. The highest BCUT2D eigenvalue weighted by molar-refractivity contribution is 6.03. The molecule has 2 atom stereocenters. The Labute approximate surface area is 168 Å². The second-order valence-electron chi connectivity index (χ2n) is 7.03. The van der Waals surface area contributed by atoms with Crippen LogP contribution in [0.3, 0.4) is 0 Å². The third-order valence-electron chi connectivity index (χ3n) is 5.23. The van der Waals surface area contributed by atoms with Crippen LogP contribution in [0.5, 0.6) is 5.75 Å². The molecule has 0 spiro atoms. The molecular weight excluding hydrogens is 368 g/mol. The number of methoxy groups -OCH3 is 1. The average molecular weight is 390 g/mol. The fraction of sp³-hybridized carbons (Fsp3) is 0.227. The molecule has 7 nitrogen and oxygen atoms in total. The van der Waals surface area contributed by atoms with Crippen molar-refractivity contribution in [2.75, 3.05) is 12.4 Å². The van der Waals surface area contributed by atoms with E-state index in [-0.39, 0.29) is 17.7 Å². The maximum Gasteiger partial charge on any atom is 0.251 e. The normalized spacial score (nSPS) is 18.0. The third kappa shape index (κ3) is 3.35. The maximum absolute atomic E-state index is 13.0. The molecule has 0 saturated heterocycles. The second kappa shape index (κ2) is 7.43. The van der Waals surface area contributed by atoms with E-state index in [1.54, 1.807) is 43.1 Å². The molecule has 4 rings (SSSR count). The van der Waals surface area contributed by atoms with E-state index in [9.17, 15) is 9.59 Å². The Morgan fingerprint density at radius 1 is 1.14 bits per heavy atom. The molecule has 0 fully saturated rings. The van der Waals surface area contributed by atoms with Crippen molar-refractivity contribution >= 4 is 17.6 Å². The molecule has 2 N–H and O–H groups in total. The number of fused-ring (bicyclic) bond motifs is 1. The number of carbonyl (C=O) groups is 2. The summed E-state index contributed by atoms with van der Waals surface area (Å²) in [6.45, 7) is 1.91. The minimum atomic E-state index is -0.772. The smallest absolute Gasteiger partial charge is 0.251 e. The monoisotopic (exact) mass is 390 g/mol. The van der Waals surface area contributed by atoms with Gasteiger partial charge < -0.3 is 15.4 Å². The van der Waals surface area contributed by atoms with Crippen molar-refractivity contribution in [2.24, 2.45) is 7.05 Å². The Balaban J connectivity index is 1.78. The number of hydrogen-bond acceptors (Lipinski definition) is 4. The summed E-state index contributed by atoms with van der Waals surface area (Å²) in [5.41, 5.74) is 3.11. The lowest BCUT2D eigenvalue weighted by molar-refractivity contribution is -0.118. The highest BCUT2D eigenvalue weighted by atomic mass is 16.5. The van der Waals surface area contributed by atoms with Crippen LogP contribution in [0.4, 0.5) is 5.82 Å². The zero-order valence-corrected chi connectivity index (χ0v) is 16.5. The molecule has 7 heteroatoms. The van der Waals surface area contributed by atoms with Crippen LogP contribution in [-0.4, -0.2) is 34.7 Å². The van der Waals surface area contributed by atoms with Crippen LogP contribution in [0.25, 0.3) is 0 Å². The van der Waals surface area contributed by atoms with Gasteiger partial charge in [0.25, 0.3) is 5.91 Å². The molecule has 0 aliphatic carbocycles. The van der Waals surface area contributed by atoms with Crippen LogP contribution in [0.15, 0.2) is 54.6 Å². The lowest BCUT2D eigenvalue weighted by Gasteiger charge is -2.32. The van der Waals surface area contributed by atoms with E-state index in [2.05, 4.69) is 15.7 Å². The van der Waals surface area contributed by atoms with Gasteiger partial charge in [-0.1, -0.05) is 30.3 Å². The molecule has 0 bridgehead atoms. The summed E-state index contributed by atoms with van der Waals surface area (Å²) < 4.78 is 6.92. The second-order valence-corrected chi connectivity index (χ2v) is 7.03. The fourth-order valence-electron chi connectivity index (χ4n) is 3.84. The van der Waals surface area contributed by atoms with Crippen molar-refractivity contribution in [1.82, 2.24) is 15.1 Å². The third-order valence-corrected chi connectivity index (χ3v) is 5.23. The zero-order chi connectivity index (χ0) is 20.5. The van der Waals surface area contributed by atoms with Gasteiger partial charge in [-0.25, -0.2) is 0 Å². The van der Waals surface area contributed by atoms with Gasteiger partial charge in [-0.15, -0.1) is 0 Å². The van der Waals surface area contributed by atoms with E-state index in [4.69, 9.17) is 4.74 Å². The molecule has 1 aromatic heterocycles. The lowest BCUT2D eigenvalue weighted by Crippen LogP contribution is -2.50. The van der Waals surface area contributed by atoms with Crippen molar-refractivity contribution in [2.45, 2.75) is 18.9 Å². The number of hydrogen-bond donors (Lipinski definition) is 2. The first kappa shape index (κ1) is 18.7. The number of carbonyl (C=O) groups excluding carboxylic acids is 2. The van der Waals surface area contributed by atoms with Crippen molar-refractivity contribution in [3.8, 4) is 5.75 Å². The molecule has 3 aromatic rings. The van der Waals surface area contributed by atoms with E-state index in [1.807, 2.05) is 37.3 Å². The first-order valence-electron chi connectivity index (χ1n) is 9.34. The molecular formula is C22H22N4O3. The summed E-state index contributed by atoms with van der Waals surface area (Å²) >= 11 is 0. The number of aromatic nitrogens is 2. The summed E-state index contributed by atoms with van der Waals surface area (Å²) in [6, 6.07) is 15.6. The van der Waals surface area contributed by atoms with Gasteiger partial charge in [0.05, 0.1) is 12.8 Å². The fourth-order valence-corrected chi connectivity index (χ4v) is 3.84. The molecule has 2 unspecified atom stereocenters. The minimum absolute atomic E-state index is 0.273. The highest BCUT2D eigenvalue weighted by Crippen LogP contribution is 2.39. The van der Waals surface area contributed by atoms with Crippen LogP contribution < -0.4 is 15.4 Å². The Morgan fingerprint density at radius 3 is 2.48 bits per heavy atom. The van der Waals surface area contributed by atoms with Gasteiger partial charge in [0.1, 0.15) is 17.6 Å². The maximum atomic E-state index is 13.0. The number of benzene rings is 2. The minimum Gasteiger partial charge on any atom is -0.497 e. The van der Waals surface area contributed by atoms with Gasteiger partial charge in [-0.3, -0.25) is 14.3 Å². The predicted molar refractivity (Wildman–Crippen MR) is 109 cm³/mol. The number of aryl methyl sites for hydroxylation is 2. The van der Waals surface area contributed by atoms with Crippen LogP contribution in [0.1, 0.15) is 33.1 Å². The SMILES string of the molecule is COc1ccc(C2c3c(C)nn(C)c3NC(=O)C2NC(=O)c2ccccc2)cc1. The number of anilines is 1. The van der Waals surface area contributed by atoms with E-state index in [1.165, 1.54) is 0 Å². The summed E-state index contributed by atoms with van der Waals surface area (Å²) in [7, 11) is 3.40. The number of amides is 2. The van der Waals surface area contributed by atoms with Crippen LogP contribution in [0.2, 0.25) is 0 Å². The van der Waals surface area contributed by atoms with Gasteiger partial charge in [0.2, 0.25) is 5.91 Å². The van der Waals surface area contributed by atoms with Crippen molar-refractivity contribution in [3.63, 3.8) is 0 Å². The Bertz CT molecular complexity index is 1060. The largest absolute Gasteiger partial charge is 0.497 e. The Kier molecular flexibility index (Phi) is 4.80. The van der Waals surface area contributed by atoms with E-state index in [0.717, 1.165) is 22.6 Å². The van der Waals surface area contributed by atoms with Gasteiger partial charge >= 0.3 is 0 Å².